The van der Waals surface area contributed by atoms with E-state index in [1.54, 1.807) is 29.3 Å². The Labute approximate surface area is 125 Å². The number of aromatic amines is 1. The third-order valence-corrected chi connectivity index (χ3v) is 3.69. The normalized spacial score (nSPS) is 14.2. The maximum atomic E-state index is 12.1. The molecule has 0 spiro atoms. The van der Waals surface area contributed by atoms with E-state index in [9.17, 15) is 4.79 Å². The first-order chi connectivity index (χ1) is 10.7. The van der Waals surface area contributed by atoms with Crippen molar-refractivity contribution in [1.29, 1.82) is 0 Å². The van der Waals surface area contributed by atoms with Crippen LogP contribution < -0.4 is 10.6 Å². The van der Waals surface area contributed by atoms with Crippen LogP contribution >= 0.6 is 0 Å². The first-order valence-corrected chi connectivity index (χ1v) is 7.12. The Bertz CT molecular complexity index is 846. The summed E-state index contributed by atoms with van der Waals surface area (Å²) in [6.45, 7) is 1.94. The lowest BCUT2D eigenvalue weighted by Crippen LogP contribution is -2.20. The number of rotatable bonds is 3. The number of carbonyl (C=O) groups excluding carboxylic acids is 1. The molecule has 8 nitrogen and oxygen atoms in total. The van der Waals surface area contributed by atoms with Gasteiger partial charge in [-0.1, -0.05) is 0 Å². The van der Waals surface area contributed by atoms with Crippen molar-refractivity contribution >= 4 is 23.1 Å². The van der Waals surface area contributed by atoms with Gasteiger partial charge in [-0.15, -0.1) is 0 Å². The number of carbonyl (C=O) groups is 1. The summed E-state index contributed by atoms with van der Waals surface area (Å²) in [6.07, 6.45) is 8.98. The number of hydrogen-bond donors (Lipinski definition) is 3. The zero-order valence-electron chi connectivity index (χ0n) is 12.0. The molecule has 3 heterocycles. The van der Waals surface area contributed by atoms with E-state index in [1.165, 1.54) is 0 Å². The maximum absolute atomic E-state index is 12.1. The molecule has 0 aliphatic heterocycles. The van der Waals surface area contributed by atoms with Crippen LogP contribution in [0.3, 0.4) is 0 Å². The summed E-state index contributed by atoms with van der Waals surface area (Å²) in [4.78, 5) is 16.4. The summed E-state index contributed by atoms with van der Waals surface area (Å²) in [5.74, 6) is 0.489. The number of nitrogens with one attached hydrogen (secondary N) is 3. The van der Waals surface area contributed by atoms with Crippen LogP contribution in [0.15, 0.2) is 24.8 Å². The van der Waals surface area contributed by atoms with Gasteiger partial charge in [0.05, 0.1) is 41.9 Å². The van der Waals surface area contributed by atoms with Crippen molar-refractivity contribution in [3.63, 3.8) is 0 Å². The summed E-state index contributed by atoms with van der Waals surface area (Å²) in [5.41, 5.74) is 4.06. The smallest absolute Gasteiger partial charge is 0.305 e. The molecule has 1 fully saturated rings. The molecule has 1 aliphatic carbocycles. The average molecular weight is 297 g/mol. The lowest BCUT2D eigenvalue weighted by molar-refractivity contribution is 0.262. The van der Waals surface area contributed by atoms with E-state index in [0.717, 1.165) is 35.4 Å². The predicted molar refractivity (Wildman–Crippen MR) is 80.9 cm³/mol. The summed E-state index contributed by atoms with van der Waals surface area (Å²) in [7, 11) is 0. The van der Waals surface area contributed by atoms with Gasteiger partial charge in [-0.25, -0.2) is 14.3 Å². The van der Waals surface area contributed by atoms with Gasteiger partial charge < -0.3 is 10.6 Å². The quantitative estimate of drug-likeness (QED) is 0.690. The van der Waals surface area contributed by atoms with Crippen molar-refractivity contribution in [1.82, 2.24) is 24.8 Å². The number of anilines is 2. The lowest BCUT2D eigenvalue weighted by atomic mass is 10.2. The highest BCUT2D eigenvalue weighted by Gasteiger charge is 2.28. The summed E-state index contributed by atoms with van der Waals surface area (Å²) >= 11 is 0. The second-order valence-corrected chi connectivity index (χ2v) is 5.49. The highest BCUT2D eigenvalue weighted by atomic mass is 16.2. The van der Waals surface area contributed by atoms with Gasteiger partial charge in [0.2, 0.25) is 0 Å². The largest absolute Gasteiger partial charge is 0.323 e. The predicted octanol–water partition coefficient (Wildman–Crippen LogP) is 2.28. The molecule has 0 bridgehead atoms. The number of aryl methyl sites for hydroxylation is 1. The van der Waals surface area contributed by atoms with Gasteiger partial charge in [-0.2, -0.15) is 10.2 Å². The minimum Gasteiger partial charge on any atom is -0.305 e. The SMILES string of the molecule is Cc1cnn2cc(NC(=O)Nc3cn[nH]c3C3CC3)cnc12. The molecule has 2 amide bonds. The molecule has 1 aliphatic rings. The third kappa shape index (κ3) is 2.28. The van der Waals surface area contributed by atoms with Gasteiger partial charge in [-0.3, -0.25) is 5.10 Å². The molecule has 1 saturated carbocycles. The number of aromatic nitrogens is 5. The van der Waals surface area contributed by atoms with E-state index in [4.69, 9.17) is 0 Å². The van der Waals surface area contributed by atoms with Crippen molar-refractivity contribution in [2.75, 3.05) is 10.6 Å². The standard InChI is InChI=1S/C14H15N7O/c1-8-4-17-21-7-10(5-15-13(8)21)18-14(22)19-11-6-16-20-12(11)9-2-3-9/h4-7,9H,2-3H2,1H3,(H,16,20)(H2,18,19,22). The van der Waals surface area contributed by atoms with Crippen LogP contribution in [0.4, 0.5) is 16.2 Å². The fourth-order valence-electron chi connectivity index (χ4n) is 2.42. The Morgan fingerprint density at radius 1 is 1.32 bits per heavy atom. The molecular formula is C14H15N7O. The monoisotopic (exact) mass is 297 g/mol. The summed E-state index contributed by atoms with van der Waals surface area (Å²) < 4.78 is 1.64. The number of urea groups is 1. The lowest BCUT2D eigenvalue weighted by Gasteiger charge is -2.07. The van der Waals surface area contributed by atoms with Crippen molar-refractivity contribution < 1.29 is 4.79 Å². The van der Waals surface area contributed by atoms with Crippen molar-refractivity contribution in [2.24, 2.45) is 0 Å². The van der Waals surface area contributed by atoms with Crippen molar-refractivity contribution in [2.45, 2.75) is 25.7 Å². The molecular weight excluding hydrogens is 282 g/mol. The minimum absolute atomic E-state index is 0.326. The topological polar surface area (TPSA) is 100 Å². The van der Waals surface area contributed by atoms with Crippen LogP contribution in [0, 0.1) is 6.92 Å². The molecule has 3 N–H and O–H groups in total. The first-order valence-electron chi connectivity index (χ1n) is 7.12. The van der Waals surface area contributed by atoms with E-state index in [1.807, 2.05) is 6.92 Å². The van der Waals surface area contributed by atoms with E-state index in [0.29, 0.717) is 11.6 Å². The fraction of sp³-hybridized carbons (Fsp3) is 0.286. The Balaban J connectivity index is 1.49. The Kier molecular flexibility index (Phi) is 2.81. The molecule has 112 valence electrons. The number of amides is 2. The summed E-state index contributed by atoms with van der Waals surface area (Å²) in [5, 5.41) is 16.7. The second kappa shape index (κ2) is 4.83. The highest BCUT2D eigenvalue weighted by molar-refractivity contribution is 5.99. The number of hydrogen-bond acceptors (Lipinski definition) is 4. The molecule has 0 radical (unpaired) electrons. The molecule has 3 aromatic rings. The molecule has 4 rings (SSSR count). The zero-order chi connectivity index (χ0) is 15.1. The Morgan fingerprint density at radius 3 is 3.00 bits per heavy atom. The molecule has 0 saturated heterocycles. The number of fused-ring (bicyclic) bond motifs is 1. The Hall–Kier alpha value is -2.90. The molecule has 0 atom stereocenters. The van der Waals surface area contributed by atoms with E-state index >= 15 is 0 Å². The maximum Gasteiger partial charge on any atom is 0.323 e. The molecule has 0 aromatic carbocycles. The molecule has 22 heavy (non-hydrogen) atoms. The highest BCUT2D eigenvalue weighted by Crippen LogP contribution is 2.42. The minimum atomic E-state index is -0.326. The molecule has 0 unspecified atom stereocenters. The van der Waals surface area contributed by atoms with Crippen LogP contribution in [0.25, 0.3) is 5.65 Å². The molecule has 8 heteroatoms. The third-order valence-electron chi connectivity index (χ3n) is 3.69. The van der Waals surface area contributed by atoms with Gasteiger partial charge >= 0.3 is 6.03 Å². The number of nitrogens with zero attached hydrogens (tertiary/aromatic N) is 4. The fourth-order valence-corrected chi connectivity index (χ4v) is 2.42. The van der Waals surface area contributed by atoms with Crippen molar-refractivity contribution in [3.05, 3.63) is 36.0 Å². The average Bonchev–Trinajstić information content (AvgIpc) is 3.14. The molecule has 3 aromatic heterocycles. The van der Waals surface area contributed by atoms with Gasteiger partial charge in [0.15, 0.2) is 5.65 Å². The Morgan fingerprint density at radius 2 is 2.18 bits per heavy atom. The summed E-state index contributed by atoms with van der Waals surface area (Å²) in [6, 6.07) is -0.326. The van der Waals surface area contributed by atoms with Crippen LogP contribution in [-0.4, -0.2) is 30.8 Å². The second-order valence-electron chi connectivity index (χ2n) is 5.49. The van der Waals surface area contributed by atoms with Gasteiger partial charge in [0, 0.05) is 11.5 Å². The number of H-pyrrole nitrogens is 1. The van der Waals surface area contributed by atoms with E-state index in [2.05, 4.69) is 30.9 Å². The van der Waals surface area contributed by atoms with Crippen LogP contribution in [0.2, 0.25) is 0 Å². The zero-order valence-corrected chi connectivity index (χ0v) is 12.0. The van der Waals surface area contributed by atoms with Crippen LogP contribution in [0.5, 0.6) is 0 Å². The first kappa shape index (κ1) is 12.8. The van der Waals surface area contributed by atoms with Crippen LogP contribution in [-0.2, 0) is 0 Å². The van der Waals surface area contributed by atoms with Gasteiger partial charge in [-0.05, 0) is 19.8 Å². The van der Waals surface area contributed by atoms with Crippen LogP contribution in [0.1, 0.15) is 30.0 Å². The van der Waals surface area contributed by atoms with Crippen molar-refractivity contribution in [3.8, 4) is 0 Å². The van der Waals surface area contributed by atoms with Gasteiger partial charge in [0.1, 0.15) is 0 Å². The van der Waals surface area contributed by atoms with E-state index in [-0.39, 0.29) is 6.03 Å². The van der Waals surface area contributed by atoms with E-state index < -0.39 is 0 Å². The van der Waals surface area contributed by atoms with Gasteiger partial charge in [0.25, 0.3) is 0 Å².